The number of thioether (sulfide) groups is 1. The predicted molar refractivity (Wildman–Crippen MR) is 142 cm³/mol. The molecule has 0 aliphatic carbocycles. The smallest absolute Gasteiger partial charge is 0.209 e. The van der Waals surface area contributed by atoms with Gasteiger partial charge in [0.15, 0.2) is 23.0 Å². The van der Waals surface area contributed by atoms with Gasteiger partial charge in [0.1, 0.15) is 25.9 Å². The molecule has 4 rings (SSSR count). The molecule has 1 atom stereocenters. The predicted octanol–water partition coefficient (Wildman–Crippen LogP) is 3.56. The zero-order valence-corrected chi connectivity index (χ0v) is 23.2. The number of aryl methyl sites for hydroxylation is 1. The quantitative estimate of drug-likeness (QED) is 0.236. The van der Waals surface area contributed by atoms with Gasteiger partial charge in [0, 0.05) is 19.3 Å². The van der Waals surface area contributed by atoms with Crippen molar-refractivity contribution in [3.8, 4) is 23.0 Å². The van der Waals surface area contributed by atoms with Crippen LogP contribution in [-0.4, -0.2) is 64.5 Å². The standard InChI is InChI=1S/C23H28BrN5O5S.ClH/c1-29-23(26-27-28-29)35-9-3-6-25-13-15-10-17(24)22(21(11-15)31-2)34-14-18(30)16-4-5-19-20(12-16)33-8-7-32-19;/h4-5,10-12,18,25,30H,3,6-9,13-14H2,1-2H3;1H. The molecule has 1 unspecified atom stereocenters. The van der Waals surface area contributed by atoms with Crippen molar-refractivity contribution >= 4 is 40.1 Å². The number of aromatic nitrogens is 4. The van der Waals surface area contributed by atoms with E-state index < -0.39 is 6.10 Å². The minimum absolute atomic E-state index is 0. The van der Waals surface area contributed by atoms with Gasteiger partial charge >= 0.3 is 0 Å². The molecule has 2 aromatic carbocycles. The maximum Gasteiger partial charge on any atom is 0.209 e. The summed E-state index contributed by atoms with van der Waals surface area (Å²) in [4.78, 5) is 0. The summed E-state index contributed by atoms with van der Waals surface area (Å²) in [6.45, 7) is 2.63. The Morgan fingerprint density at radius 3 is 2.78 bits per heavy atom. The van der Waals surface area contributed by atoms with E-state index in [1.807, 2.05) is 25.2 Å². The zero-order chi connectivity index (χ0) is 24.6. The Morgan fingerprint density at radius 2 is 2.03 bits per heavy atom. The van der Waals surface area contributed by atoms with Crippen LogP contribution in [0, 0.1) is 0 Å². The van der Waals surface area contributed by atoms with Gasteiger partial charge in [-0.3, -0.25) is 0 Å². The van der Waals surface area contributed by atoms with Crippen molar-refractivity contribution in [3.05, 3.63) is 45.9 Å². The Kier molecular flexibility index (Phi) is 10.9. The first-order valence-electron chi connectivity index (χ1n) is 11.2. The van der Waals surface area contributed by atoms with Crippen LogP contribution >= 0.6 is 40.1 Å². The number of methoxy groups -OCH3 is 1. The monoisotopic (exact) mass is 601 g/mol. The topological polar surface area (TPSA) is 113 Å². The van der Waals surface area contributed by atoms with E-state index in [0.717, 1.165) is 33.9 Å². The molecule has 2 heterocycles. The number of hydrogen-bond acceptors (Lipinski definition) is 10. The highest BCUT2D eigenvalue weighted by molar-refractivity contribution is 9.10. The minimum Gasteiger partial charge on any atom is -0.493 e. The number of nitrogens with one attached hydrogen (secondary N) is 1. The molecule has 0 saturated carbocycles. The molecule has 0 saturated heterocycles. The molecule has 196 valence electrons. The van der Waals surface area contributed by atoms with E-state index in [9.17, 15) is 5.11 Å². The van der Waals surface area contributed by atoms with Crippen molar-refractivity contribution < 1.29 is 24.1 Å². The molecule has 0 amide bonds. The van der Waals surface area contributed by atoms with E-state index in [1.54, 1.807) is 35.7 Å². The molecule has 0 fully saturated rings. The van der Waals surface area contributed by atoms with Gasteiger partial charge in [0.2, 0.25) is 5.16 Å². The number of benzene rings is 2. The molecule has 0 bridgehead atoms. The van der Waals surface area contributed by atoms with Crippen molar-refractivity contribution in [2.24, 2.45) is 7.05 Å². The number of nitrogens with zero attached hydrogens (tertiary/aromatic N) is 4. The second kappa shape index (κ2) is 13.9. The number of hydrogen-bond donors (Lipinski definition) is 2. The van der Waals surface area contributed by atoms with Gasteiger partial charge in [0.05, 0.1) is 11.6 Å². The average molecular weight is 603 g/mol. The normalized spacial score (nSPS) is 13.1. The minimum atomic E-state index is -0.834. The fourth-order valence-electron chi connectivity index (χ4n) is 3.48. The van der Waals surface area contributed by atoms with Crippen molar-refractivity contribution in [3.63, 3.8) is 0 Å². The number of halogens is 2. The summed E-state index contributed by atoms with van der Waals surface area (Å²) in [6, 6.07) is 9.32. The number of aliphatic hydroxyl groups excluding tert-OH is 1. The fourth-order valence-corrected chi connectivity index (χ4v) is 4.87. The molecule has 13 heteroatoms. The molecule has 1 aliphatic rings. The second-order valence-corrected chi connectivity index (χ2v) is 9.72. The molecular weight excluding hydrogens is 574 g/mol. The maximum atomic E-state index is 10.7. The third kappa shape index (κ3) is 7.39. The van der Waals surface area contributed by atoms with Crippen LogP contribution in [0.4, 0.5) is 0 Å². The van der Waals surface area contributed by atoms with Crippen molar-refractivity contribution in [2.45, 2.75) is 24.2 Å². The Hall–Kier alpha value is -2.25. The first-order valence-corrected chi connectivity index (χ1v) is 13.0. The van der Waals surface area contributed by atoms with Crippen LogP contribution in [0.2, 0.25) is 0 Å². The highest BCUT2D eigenvalue weighted by Crippen LogP contribution is 2.38. The summed E-state index contributed by atoms with van der Waals surface area (Å²) < 4.78 is 25.1. The fraction of sp³-hybridized carbons (Fsp3) is 0.435. The lowest BCUT2D eigenvalue weighted by molar-refractivity contribution is 0.105. The molecule has 0 radical (unpaired) electrons. The van der Waals surface area contributed by atoms with Crippen LogP contribution in [0.15, 0.2) is 40.0 Å². The summed E-state index contributed by atoms with van der Waals surface area (Å²) in [7, 11) is 3.43. The van der Waals surface area contributed by atoms with Crippen LogP contribution in [0.3, 0.4) is 0 Å². The number of aliphatic hydroxyl groups is 1. The van der Waals surface area contributed by atoms with Gasteiger partial charge in [-0.15, -0.1) is 17.5 Å². The SMILES string of the molecule is COc1cc(CNCCCSc2nnnn2C)cc(Br)c1OCC(O)c1ccc2c(c1)OCCO2.Cl. The van der Waals surface area contributed by atoms with Crippen LogP contribution in [0.25, 0.3) is 0 Å². The van der Waals surface area contributed by atoms with Crippen molar-refractivity contribution in [2.75, 3.05) is 39.2 Å². The van der Waals surface area contributed by atoms with E-state index in [2.05, 4.69) is 36.8 Å². The second-order valence-electron chi connectivity index (χ2n) is 7.80. The Balaban J connectivity index is 0.00000361. The molecule has 36 heavy (non-hydrogen) atoms. The molecule has 1 aliphatic heterocycles. The lowest BCUT2D eigenvalue weighted by Gasteiger charge is -2.21. The van der Waals surface area contributed by atoms with Crippen LogP contribution in [-0.2, 0) is 13.6 Å². The van der Waals surface area contributed by atoms with Crippen molar-refractivity contribution in [1.29, 1.82) is 0 Å². The maximum absolute atomic E-state index is 10.7. The lowest BCUT2D eigenvalue weighted by Crippen LogP contribution is -2.17. The first kappa shape index (κ1) is 28.3. The molecule has 0 spiro atoms. The average Bonchev–Trinajstić information content (AvgIpc) is 3.29. The van der Waals surface area contributed by atoms with Gasteiger partial charge < -0.3 is 29.4 Å². The highest BCUT2D eigenvalue weighted by atomic mass is 79.9. The Labute approximate surface area is 228 Å². The van der Waals surface area contributed by atoms with Crippen LogP contribution < -0.4 is 24.3 Å². The molecular formula is C23H29BrClN5O5S. The van der Waals surface area contributed by atoms with Gasteiger partial charge in [-0.05, 0) is 74.7 Å². The summed E-state index contributed by atoms with van der Waals surface area (Å²) in [5.41, 5.74) is 1.75. The number of tetrazole rings is 1. The molecule has 10 nitrogen and oxygen atoms in total. The summed E-state index contributed by atoms with van der Waals surface area (Å²) >= 11 is 5.21. The van der Waals surface area contributed by atoms with E-state index in [1.165, 1.54) is 0 Å². The number of fused-ring (bicyclic) bond motifs is 1. The van der Waals surface area contributed by atoms with Crippen LogP contribution in [0.5, 0.6) is 23.0 Å². The van der Waals surface area contributed by atoms with Gasteiger partial charge in [-0.1, -0.05) is 17.8 Å². The molecule has 3 aromatic rings. The van der Waals surface area contributed by atoms with E-state index >= 15 is 0 Å². The Morgan fingerprint density at radius 1 is 1.22 bits per heavy atom. The summed E-state index contributed by atoms with van der Waals surface area (Å²) in [5.74, 6) is 3.38. The van der Waals surface area contributed by atoms with E-state index in [0.29, 0.717) is 48.3 Å². The first-order chi connectivity index (χ1) is 17.0. The van der Waals surface area contributed by atoms with E-state index in [4.69, 9.17) is 18.9 Å². The summed E-state index contributed by atoms with van der Waals surface area (Å²) in [6.07, 6.45) is 0.147. The van der Waals surface area contributed by atoms with Crippen molar-refractivity contribution in [1.82, 2.24) is 25.5 Å². The number of ether oxygens (including phenoxy) is 4. The molecule has 2 N–H and O–H groups in total. The van der Waals surface area contributed by atoms with Crippen LogP contribution in [0.1, 0.15) is 23.7 Å². The zero-order valence-electron chi connectivity index (χ0n) is 20.0. The Bertz CT molecular complexity index is 1140. The van der Waals surface area contributed by atoms with Gasteiger partial charge in [0.25, 0.3) is 0 Å². The summed E-state index contributed by atoms with van der Waals surface area (Å²) in [5, 5.41) is 26.3. The third-order valence-electron chi connectivity index (χ3n) is 5.27. The third-order valence-corrected chi connectivity index (χ3v) is 6.95. The largest absolute Gasteiger partial charge is 0.493 e. The number of rotatable bonds is 12. The van der Waals surface area contributed by atoms with E-state index in [-0.39, 0.29) is 19.0 Å². The van der Waals surface area contributed by atoms with Gasteiger partial charge in [-0.2, -0.15) is 0 Å². The highest BCUT2D eigenvalue weighted by Gasteiger charge is 2.18. The lowest BCUT2D eigenvalue weighted by atomic mass is 10.1. The van der Waals surface area contributed by atoms with Gasteiger partial charge in [-0.25, -0.2) is 4.68 Å². The molecule has 1 aromatic heterocycles.